The number of rotatable bonds is 3. The number of hydrogen-bond acceptors (Lipinski definition) is 4. The van der Waals surface area contributed by atoms with Gasteiger partial charge in [-0.3, -0.25) is 9.89 Å². The number of hydrogen-bond donors (Lipinski definition) is 1. The molecule has 20 heavy (non-hydrogen) atoms. The number of sulfonamides is 1. The third-order valence-electron chi connectivity index (χ3n) is 3.83. The Kier molecular flexibility index (Phi) is 3.29. The van der Waals surface area contributed by atoms with Crippen LogP contribution in [-0.2, 0) is 10.0 Å². The summed E-state index contributed by atoms with van der Waals surface area (Å²) in [7, 11) is -3.16. The lowest BCUT2D eigenvalue weighted by Crippen LogP contribution is -2.50. The molecule has 0 unspecified atom stereocenters. The second-order valence-electron chi connectivity index (χ2n) is 5.44. The van der Waals surface area contributed by atoms with Crippen LogP contribution >= 0.6 is 0 Å². The summed E-state index contributed by atoms with van der Waals surface area (Å²) in [4.78, 5) is 13.9. The van der Waals surface area contributed by atoms with Gasteiger partial charge in [0.25, 0.3) is 5.91 Å². The molecular formula is C12H18N4O3S. The largest absolute Gasteiger partial charge is 0.335 e. The minimum Gasteiger partial charge on any atom is -0.335 e. The van der Waals surface area contributed by atoms with E-state index in [2.05, 4.69) is 10.2 Å². The maximum Gasteiger partial charge on any atom is 0.274 e. The first-order chi connectivity index (χ1) is 9.45. The molecule has 0 bridgehead atoms. The van der Waals surface area contributed by atoms with E-state index in [1.54, 1.807) is 4.90 Å². The second-order valence-corrected chi connectivity index (χ2v) is 7.42. The van der Waals surface area contributed by atoms with Gasteiger partial charge in [-0.15, -0.1) is 0 Å². The lowest BCUT2D eigenvalue weighted by molar-refractivity contribution is 0.0692. The molecule has 110 valence electrons. The Morgan fingerprint density at radius 2 is 1.95 bits per heavy atom. The van der Waals surface area contributed by atoms with Crippen LogP contribution in [0.25, 0.3) is 0 Å². The van der Waals surface area contributed by atoms with Gasteiger partial charge in [-0.05, 0) is 18.9 Å². The minimum absolute atomic E-state index is 0.124. The maximum atomic E-state index is 12.3. The Balaban J connectivity index is 1.63. The highest BCUT2D eigenvalue weighted by Crippen LogP contribution is 2.39. The molecule has 1 aliphatic heterocycles. The minimum atomic E-state index is -3.16. The van der Waals surface area contributed by atoms with Crippen molar-refractivity contribution in [2.75, 3.05) is 32.4 Å². The van der Waals surface area contributed by atoms with E-state index < -0.39 is 10.0 Å². The average Bonchev–Trinajstić information content (AvgIpc) is 3.15. The zero-order chi connectivity index (χ0) is 14.3. The molecule has 1 saturated carbocycles. The van der Waals surface area contributed by atoms with Gasteiger partial charge in [-0.2, -0.15) is 9.40 Å². The molecule has 2 fully saturated rings. The van der Waals surface area contributed by atoms with Gasteiger partial charge in [-0.1, -0.05) is 0 Å². The van der Waals surface area contributed by atoms with Crippen molar-refractivity contribution in [1.29, 1.82) is 0 Å². The van der Waals surface area contributed by atoms with E-state index in [1.165, 1.54) is 10.6 Å². The van der Waals surface area contributed by atoms with Crippen LogP contribution in [0.4, 0.5) is 0 Å². The normalized spacial score (nSPS) is 21.1. The van der Waals surface area contributed by atoms with Gasteiger partial charge in [0.15, 0.2) is 0 Å². The lowest BCUT2D eigenvalue weighted by atomic mass is 10.2. The molecule has 0 radical (unpaired) electrons. The number of piperazine rings is 1. The summed E-state index contributed by atoms with van der Waals surface area (Å²) in [5, 5.41) is 6.99. The Bertz CT molecular complexity index is 612. The zero-order valence-electron chi connectivity index (χ0n) is 11.4. The maximum absolute atomic E-state index is 12.3. The summed E-state index contributed by atoms with van der Waals surface area (Å²) >= 11 is 0. The number of nitrogens with zero attached hydrogens (tertiary/aromatic N) is 3. The molecule has 0 atom stereocenters. The number of H-pyrrole nitrogens is 1. The Labute approximate surface area is 118 Å². The summed E-state index contributed by atoms with van der Waals surface area (Å²) in [5.41, 5.74) is 1.46. The Morgan fingerprint density at radius 3 is 2.50 bits per heavy atom. The Morgan fingerprint density at radius 1 is 1.30 bits per heavy atom. The number of carbonyl (C=O) groups excluding carboxylic acids is 1. The molecule has 2 heterocycles. The third kappa shape index (κ3) is 2.71. The molecule has 1 aliphatic carbocycles. The number of aromatic amines is 1. The van der Waals surface area contributed by atoms with Crippen LogP contribution < -0.4 is 0 Å². The SMILES string of the molecule is CS(=O)(=O)N1CCN(C(=O)c2cc(C3CC3)[nH]n2)CC1. The molecule has 1 N–H and O–H groups in total. The molecule has 7 nitrogen and oxygen atoms in total. The van der Waals surface area contributed by atoms with Crippen molar-refractivity contribution >= 4 is 15.9 Å². The third-order valence-corrected chi connectivity index (χ3v) is 5.13. The smallest absolute Gasteiger partial charge is 0.274 e. The number of nitrogens with one attached hydrogen (secondary N) is 1. The predicted molar refractivity (Wildman–Crippen MR) is 72.9 cm³/mol. The molecule has 8 heteroatoms. The monoisotopic (exact) mass is 298 g/mol. The topological polar surface area (TPSA) is 86.4 Å². The number of aromatic nitrogens is 2. The summed E-state index contributed by atoms with van der Waals surface area (Å²) in [6, 6.07) is 1.82. The van der Waals surface area contributed by atoms with Gasteiger partial charge < -0.3 is 4.90 Å². The fourth-order valence-electron chi connectivity index (χ4n) is 2.43. The predicted octanol–water partition coefficient (Wildman–Crippen LogP) is 0.00450. The van der Waals surface area contributed by atoms with E-state index in [1.807, 2.05) is 6.07 Å². The lowest BCUT2D eigenvalue weighted by Gasteiger charge is -2.32. The van der Waals surface area contributed by atoms with Crippen molar-refractivity contribution in [3.63, 3.8) is 0 Å². The zero-order valence-corrected chi connectivity index (χ0v) is 12.2. The number of amides is 1. The van der Waals surface area contributed by atoms with E-state index in [4.69, 9.17) is 0 Å². The van der Waals surface area contributed by atoms with E-state index in [-0.39, 0.29) is 5.91 Å². The van der Waals surface area contributed by atoms with Crippen LogP contribution in [0.3, 0.4) is 0 Å². The molecule has 1 aromatic rings. The van der Waals surface area contributed by atoms with E-state index in [0.29, 0.717) is 37.8 Å². The molecule has 1 aromatic heterocycles. The van der Waals surface area contributed by atoms with E-state index in [9.17, 15) is 13.2 Å². The van der Waals surface area contributed by atoms with Gasteiger partial charge >= 0.3 is 0 Å². The summed E-state index contributed by atoms with van der Waals surface area (Å²) in [5.74, 6) is 0.410. The van der Waals surface area contributed by atoms with Crippen molar-refractivity contribution < 1.29 is 13.2 Å². The average molecular weight is 298 g/mol. The van der Waals surface area contributed by atoms with E-state index in [0.717, 1.165) is 18.5 Å². The first-order valence-electron chi connectivity index (χ1n) is 6.75. The van der Waals surface area contributed by atoms with Crippen molar-refractivity contribution in [2.45, 2.75) is 18.8 Å². The summed E-state index contributed by atoms with van der Waals surface area (Å²) < 4.78 is 24.2. The fourth-order valence-corrected chi connectivity index (χ4v) is 3.26. The van der Waals surface area contributed by atoms with Crippen LogP contribution in [0.15, 0.2) is 6.07 Å². The van der Waals surface area contributed by atoms with Crippen LogP contribution in [0.5, 0.6) is 0 Å². The quantitative estimate of drug-likeness (QED) is 0.851. The highest BCUT2D eigenvalue weighted by Gasteiger charge is 2.30. The molecule has 0 spiro atoms. The highest BCUT2D eigenvalue weighted by atomic mass is 32.2. The molecule has 2 aliphatic rings. The Hall–Kier alpha value is -1.41. The first-order valence-corrected chi connectivity index (χ1v) is 8.59. The van der Waals surface area contributed by atoms with Crippen LogP contribution in [-0.4, -0.2) is 66.2 Å². The van der Waals surface area contributed by atoms with Gasteiger partial charge in [0.05, 0.1) is 6.26 Å². The van der Waals surface area contributed by atoms with Crippen LogP contribution in [0.1, 0.15) is 34.9 Å². The van der Waals surface area contributed by atoms with Gasteiger partial charge in [0.2, 0.25) is 10.0 Å². The standard InChI is InChI=1S/C12H18N4O3S/c1-20(18,19)16-6-4-15(5-7-16)12(17)11-8-10(13-14-11)9-2-3-9/h8-9H,2-7H2,1H3,(H,13,14). The van der Waals surface area contributed by atoms with Crippen molar-refractivity contribution in [3.05, 3.63) is 17.5 Å². The molecular weight excluding hydrogens is 280 g/mol. The van der Waals surface area contributed by atoms with Gasteiger partial charge in [0.1, 0.15) is 5.69 Å². The van der Waals surface area contributed by atoms with Crippen molar-refractivity contribution in [2.24, 2.45) is 0 Å². The molecule has 1 saturated heterocycles. The second kappa shape index (κ2) is 4.85. The van der Waals surface area contributed by atoms with Crippen molar-refractivity contribution in [1.82, 2.24) is 19.4 Å². The fraction of sp³-hybridized carbons (Fsp3) is 0.667. The van der Waals surface area contributed by atoms with E-state index >= 15 is 0 Å². The van der Waals surface area contributed by atoms with Gasteiger partial charge in [0, 0.05) is 37.8 Å². The number of carbonyl (C=O) groups is 1. The van der Waals surface area contributed by atoms with Crippen LogP contribution in [0, 0.1) is 0 Å². The molecule has 0 aromatic carbocycles. The van der Waals surface area contributed by atoms with Crippen molar-refractivity contribution in [3.8, 4) is 0 Å². The summed E-state index contributed by atoms with van der Waals surface area (Å²) in [6.45, 7) is 1.53. The first kappa shape index (κ1) is 13.6. The molecule has 3 rings (SSSR count). The van der Waals surface area contributed by atoms with Gasteiger partial charge in [-0.25, -0.2) is 8.42 Å². The molecule has 1 amide bonds. The highest BCUT2D eigenvalue weighted by molar-refractivity contribution is 7.88. The summed E-state index contributed by atoms with van der Waals surface area (Å²) in [6.07, 6.45) is 3.51. The van der Waals surface area contributed by atoms with Crippen LogP contribution in [0.2, 0.25) is 0 Å².